The first kappa shape index (κ1) is 12.8. The number of hydrogen-bond donors (Lipinski definition) is 2. The predicted octanol–water partition coefficient (Wildman–Crippen LogP) is 0.713. The molecule has 1 aliphatic rings. The molecule has 2 heterocycles. The van der Waals surface area contributed by atoms with Crippen LogP contribution < -0.4 is 16.0 Å². The smallest absolute Gasteiger partial charge is 0.267 e. The van der Waals surface area contributed by atoms with Crippen LogP contribution in [0.2, 0.25) is 0 Å². The molecule has 0 aliphatic carbocycles. The minimum absolute atomic E-state index is 0.356. The number of rotatable bonds is 3. The summed E-state index contributed by atoms with van der Waals surface area (Å²) in [7, 11) is 3.90. The zero-order valence-corrected chi connectivity index (χ0v) is 10.9. The van der Waals surface area contributed by atoms with Gasteiger partial charge in [0, 0.05) is 31.4 Å². The molecule has 18 heavy (non-hydrogen) atoms. The van der Waals surface area contributed by atoms with Gasteiger partial charge in [0.1, 0.15) is 5.69 Å². The Morgan fingerprint density at radius 1 is 1.39 bits per heavy atom. The van der Waals surface area contributed by atoms with Crippen LogP contribution in [0, 0.1) is 0 Å². The molecular formula is C13H20N4O. The number of carbonyl (C=O) groups is 1. The third-order valence-corrected chi connectivity index (χ3v) is 3.36. The lowest BCUT2D eigenvalue weighted by Gasteiger charge is -2.24. The number of carbonyl (C=O) groups excluding carboxylic acids is 1. The zero-order valence-electron chi connectivity index (χ0n) is 10.9. The lowest BCUT2D eigenvalue weighted by atomic mass is 9.93. The van der Waals surface area contributed by atoms with Gasteiger partial charge in [0.2, 0.25) is 0 Å². The number of primary amides is 1. The summed E-state index contributed by atoms with van der Waals surface area (Å²) >= 11 is 0. The number of hydrogen-bond acceptors (Lipinski definition) is 4. The van der Waals surface area contributed by atoms with E-state index in [1.54, 1.807) is 6.07 Å². The van der Waals surface area contributed by atoms with E-state index >= 15 is 0 Å². The zero-order chi connectivity index (χ0) is 13.1. The molecule has 0 bridgehead atoms. The largest absolute Gasteiger partial charge is 0.378 e. The molecular weight excluding hydrogens is 228 g/mol. The monoisotopic (exact) mass is 248 g/mol. The van der Waals surface area contributed by atoms with Crippen molar-refractivity contribution in [1.29, 1.82) is 0 Å². The summed E-state index contributed by atoms with van der Waals surface area (Å²) in [6.45, 7) is 2.01. The van der Waals surface area contributed by atoms with E-state index in [2.05, 4.69) is 16.4 Å². The molecule has 0 atom stereocenters. The van der Waals surface area contributed by atoms with E-state index in [9.17, 15) is 4.79 Å². The average Bonchev–Trinajstić information content (AvgIpc) is 2.39. The second kappa shape index (κ2) is 5.35. The highest BCUT2D eigenvalue weighted by molar-refractivity contribution is 5.91. The molecule has 1 saturated heterocycles. The Bertz CT molecular complexity index is 439. The molecule has 1 aromatic rings. The van der Waals surface area contributed by atoms with E-state index in [4.69, 9.17) is 5.73 Å². The number of aromatic nitrogens is 1. The molecule has 0 aromatic carbocycles. The van der Waals surface area contributed by atoms with Crippen molar-refractivity contribution in [1.82, 2.24) is 10.3 Å². The second-order valence-corrected chi connectivity index (χ2v) is 4.92. The van der Waals surface area contributed by atoms with Crippen molar-refractivity contribution in [2.45, 2.75) is 18.8 Å². The topological polar surface area (TPSA) is 71.2 Å². The fraction of sp³-hybridized carbons (Fsp3) is 0.538. The van der Waals surface area contributed by atoms with E-state index in [0.29, 0.717) is 11.6 Å². The molecule has 5 nitrogen and oxygen atoms in total. The Hall–Kier alpha value is -1.62. The van der Waals surface area contributed by atoms with Crippen molar-refractivity contribution in [3.8, 4) is 0 Å². The van der Waals surface area contributed by atoms with Crippen LogP contribution in [0.3, 0.4) is 0 Å². The van der Waals surface area contributed by atoms with Gasteiger partial charge >= 0.3 is 0 Å². The fourth-order valence-electron chi connectivity index (χ4n) is 2.25. The van der Waals surface area contributed by atoms with E-state index in [-0.39, 0.29) is 0 Å². The van der Waals surface area contributed by atoms with Gasteiger partial charge in [-0.1, -0.05) is 0 Å². The highest BCUT2D eigenvalue weighted by Crippen LogP contribution is 2.26. The number of nitrogens with one attached hydrogen (secondary N) is 1. The molecule has 1 fully saturated rings. The molecule has 3 N–H and O–H groups in total. The van der Waals surface area contributed by atoms with Crippen molar-refractivity contribution < 1.29 is 4.79 Å². The second-order valence-electron chi connectivity index (χ2n) is 4.92. The van der Waals surface area contributed by atoms with Crippen LogP contribution in [0.4, 0.5) is 5.69 Å². The molecule has 0 unspecified atom stereocenters. The number of pyridine rings is 1. The lowest BCUT2D eigenvalue weighted by Crippen LogP contribution is -2.27. The minimum atomic E-state index is -0.464. The van der Waals surface area contributed by atoms with E-state index < -0.39 is 5.91 Å². The van der Waals surface area contributed by atoms with Gasteiger partial charge < -0.3 is 16.0 Å². The summed E-state index contributed by atoms with van der Waals surface area (Å²) in [4.78, 5) is 17.7. The maximum atomic E-state index is 11.3. The summed E-state index contributed by atoms with van der Waals surface area (Å²) in [6, 6.07) is 3.80. The number of piperidine rings is 1. The van der Waals surface area contributed by atoms with Gasteiger partial charge in [0.05, 0.1) is 0 Å². The van der Waals surface area contributed by atoms with Crippen LogP contribution in [-0.4, -0.2) is 38.1 Å². The van der Waals surface area contributed by atoms with Gasteiger partial charge in [-0.25, -0.2) is 4.98 Å². The van der Waals surface area contributed by atoms with Gasteiger partial charge in [-0.2, -0.15) is 0 Å². The van der Waals surface area contributed by atoms with Crippen LogP contribution in [0.15, 0.2) is 12.1 Å². The highest BCUT2D eigenvalue weighted by atomic mass is 16.1. The average molecular weight is 248 g/mol. The van der Waals surface area contributed by atoms with Gasteiger partial charge in [-0.15, -0.1) is 0 Å². The SMILES string of the molecule is CN(C)c1cc(C(N)=O)nc(C2CCNCC2)c1. The molecule has 98 valence electrons. The Balaban J connectivity index is 2.35. The van der Waals surface area contributed by atoms with Crippen molar-refractivity contribution in [2.24, 2.45) is 5.73 Å². The number of anilines is 1. The third-order valence-electron chi connectivity index (χ3n) is 3.36. The molecule has 1 amide bonds. The van der Waals surface area contributed by atoms with Crippen LogP contribution in [-0.2, 0) is 0 Å². The van der Waals surface area contributed by atoms with Gasteiger partial charge in [0.25, 0.3) is 5.91 Å². The Labute approximate surface area is 107 Å². The first-order chi connectivity index (χ1) is 8.58. The molecule has 0 spiro atoms. The van der Waals surface area contributed by atoms with Crippen molar-refractivity contribution in [3.63, 3.8) is 0 Å². The third kappa shape index (κ3) is 2.79. The molecule has 1 aliphatic heterocycles. The standard InChI is InChI=1S/C13H20N4O/c1-17(2)10-7-11(9-3-5-15-6-4-9)16-12(8-10)13(14)18/h7-9,15H,3-6H2,1-2H3,(H2,14,18). The molecule has 5 heteroatoms. The van der Waals surface area contributed by atoms with Crippen LogP contribution in [0.5, 0.6) is 0 Å². The number of nitrogens with zero attached hydrogens (tertiary/aromatic N) is 2. The number of nitrogens with two attached hydrogens (primary N) is 1. The Morgan fingerprint density at radius 3 is 2.61 bits per heavy atom. The number of amides is 1. The quantitative estimate of drug-likeness (QED) is 0.826. The van der Waals surface area contributed by atoms with Crippen molar-refractivity contribution >= 4 is 11.6 Å². The maximum Gasteiger partial charge on any atom is 0.267 e. The molecule has 2 rings (SSSR count). The summed E-state index contributed by atoms with van der Waals surface area (Å²) in [6.07, 6.45) is 2.12. The molecule has 0 radical (unpaired) electrons. The van der Waals surface area contributed by atoms with E-state index in [1.165, 1.54) is 0 Å². The Kier molecular flexibility index (Phi) is 3.81. The molecule has 1 aromatic heterocycles. The van der Waals surface area contributed by atoms with Crippen LogP contribution >= 0.6 is 0 Å². The maximum absolute atomic E-state index is 11.3. The normalized spacial score (nSPS) is 16.6. The fourth-order valence-corrected chi connectivity index (χ4v) is 2.25. The van der Waals surface area contributed by atoms with Crippen LogP contribution in [0.1, 0.15) is 34.9 Å². The summed E-state index contributed by atoms with van der Waals surface area (Å²) < 4.78 is 0. The van der Waals surface area contributed by atoms with Crippen molar-refractivity contribution in [3.05, 3.63) is 23.5 Å². The van der Waals surface area contributed by atoms with Gasteiger partial charge in [0.15, 0.2) is 0 Å². The minimum Gasteiger partial charge on any atom is -0.378 e. The summed E-state index contributed by atoms with van der Waals surface area (Å²) in [5.41, 5.74) is 7.67. The predicted molar refractivity (Wildman–Crippen MR) is 71.9 cm³/mol. The van der Waals surface area contributed by atoms with E-state index in [0.717, 1.165) is 37.3 Å². The van der Waals surface area contributed by atoms with Crippen LogP contribution in [0.25, 0.3) is 0 Å². The van der Waals surface area contributed by atoms with Crippen molar-refractivity contribution in [2.75, 3.05) is 32.1 Å². The first-order valence-electron chi connectivity index (χ1n) is 6.28. The van der Waals surface area contributed by atoms with Gasteiger partial charge in [-0.3, -0.25) is 4.79 Å². The van der Waals surface area contributed by atoms with Gasteiger partial charge in [-0.05, 0) is 38.1 Å². The first-order valence-corrected chi connectivity index (χ1v) is 6.28. The Morgan fingerprint density at radius 2 is 2.06 bits per heavy atom. The molecule has 0 saturated carbocycles. The summed E-state index contributed by atoms with van der Waals surface area (Å²) in [5.74, 6) is -0.0434. The summed E-state index contributed by atoms with van der Waals surface area (Å²) in [5, 5.41) is 3.33. The lowest BCUT2D eigenvalue weighted by molar-refractivity contribution is 0.0995. The van der Waals surface area contributed by atoms with E-state index in [1.807, 2.05) is 19.0 Å². The highest BCUT2D eigenvalue weighted by Gasteiger charge is 2.19.